The van der Waals surface area contributed by atoms with Gasteiger partial charge in [-0.1, -0.05) is 172 Å². The molecule has 4 atom stereocenters. The van der Waals surface area contributed by atoms with Crippen LogP contribution in [-0.2, 0) is 25.5 Å². The van der Waals surface area contributed by atoms with Gasteiger partial charge in [-0.25, -0.2) is 39.1 Å². The van der Waals surface area contributed by atoms with E-state index in [9.17, 15) is 19.2 Å². The zero-order chi connectivity index (χ0) is 90.0. The maximum absolute atomic E-state index is 14.4. The highest BCUT2D eigenvalue weighted by molar-refractivity contribution is 6.12. The molecule has 21 heteroatoms. The lowest BCUT2D eigenvalue weighted by atomic mass is 9.97. The molecule has 17 rings (SSSR count). The van der Waals surface area contributed by atoms with Crippen molar-refractivity contribution in [3.63, 3.8) is 0 Å². The second-order valence-corrected chi connectivity index (χ2v) is 37.2. The molecule has 0 aliphatic carbocycles. The second-order valence-electron chi connectivity index (χ2n) is 37.2. The van der Waals surface area contributed by atoms with E-state index in [4.69, 9.17) is 38.9 Å². The van der Waals surface area contributed by atoms with Gasteiger partial charge in [0.1, 0.15) is 22.4 Å². The van der Waals surface area contributed by atoms with Crippen molar-refractivity contribution in [1.29, 1.82) is 0 Å². The van der Waals surface area contributed by atoms with E-state index in [-0.39, 0.29) is 0 Å². The molecule has 4 amide bonds. The van der Waals surface area contributed by atoms with E-state index in [0.29, 0.717) is 101 Å². The fourth-order valence-corrected chi connectivity index (χ4v) is 17.5. The van der Waals surface area contributed by atoms with Crippen molar-refractivity contribution >= 4 is 139 Å². The molecule has 654 valence electrons. The topological polar surface area (TPSA) is 273 Å². The van der Waals surface area contributed by atoms with Crippen molar-refractivity contribution in [3.8, 4) is 22.3 Å². The normalized spacial score (nSPS) is 13.6. The fourth-order valence-electron chi connectivity index (χ4n) is 17.5. The standard InChI is InChI=1S/C108H109N13O8/c1-14-15-16-17-18-31-60-121-89-58-40-69(91-77-50-54-85(113-77)93(97(65-32-23-19-24-33-65)117-101(122)126-105(2,3)4)81-46-42-71(109-81)63-72-43-47-82(110-72)94(86-55-51-78(91)114-86)98(66-34-25-20-26-35-66)118-102(123)127-106(5,6)7)61-75(89)76-62-70(41-59-90(76)121)92-79-52-56-87(115-79)95(99(67-36-27-21-28-37-67)119-103(124)128-107(8,9)10)83-48-44-73(111-83)64-74-45-49-84(112-74)96(88-57-53-80(92)116-88)100(68-38-29-22-30-39-68)120-104(125)129-108(11,12)13/h19-30,32-59,61-64,97-100,109,111,114,116H,14-18,31,60H2,1-13H3,(H,117,122)(H,118,123)(H,119,124)(H,120,125)/t97-,98-,99-,100-/m1/s1. The number of aryl methyl sites for hydroxylation is 1. The third-order valence-electron chi connectivity index (χ3n) is 22.8. The van der Waals surface area contributed by atoms with Crippen molar-refractivity contribution in [2.45, 2.75) is 182 Å². The number of fused-ring (bicyclic) bond motifs is 19. The van der Waals surface area contributed by atoms with E-state index in [2.05, 4.69) is 101 Å². The molecule has 4 aliphatic heterocycles. The van der Waals surface area contributed by atoms with E-state index >= 15 is 0 Å². The largest absolute Gasteiger partial charge is 0.444 e. The number of nitrogens with one attached hydrogen (secondary N) is 8. The van der Waals surface area contributed by atoms with Gasteiger partial charge in [0, 0.05) is 106 Å². The number of rotatable bonds is 21. The first kappa shape index (κ1) is 86.5. The smallest absolute Gasteiger partial charge is 0.408 e. The van der Waals surface area contributed by atoms with Gasteiger partial charge < -0.3 is 64.7 Å². The van der Waals surface area contributed by atoms with E-state index < -0.39 is 70.9 Å². The van der Waals surface area contributed by atoms with Gasteiger partial charge >= 0.3 is 24.4 Å². The first-order chi connectivity index (χ1) is 62.0. The second kappa shape index (κ2) is 36.0. The van der Waals surface area contributed by atoms with Crippen LogP contribution in [-0.4, -0.2) is 91.2 Å². The molecule has 13 aromatic rings. The van der Waals surface area contributed by atoms with Gasteiger partial charge in [0.15, 0.2) is 0 Å². The molecule has 4 aliphatic rings. The number of benzene rings is 6. The summed E-state index contributed by atoms with van der Waals surface area (Å²) in [5.74, 6) is 0. The average Bonchev–Trinajstić information content (AvgIpc) is 1.58. The lowest BCUT2D eigenvalue weighted by Crippen LogP contribution is -2.35. The van der Waals surface area contributed by atoms with Crippen LogP contribution >= 0.6 is 0 Å². The number of unbranched alkanes of at least 4 members (excludes halogenated alkanes) is 5. The minimum Gasteiger partial charge on any atom is -0.444 e. The maximum Gasteiger partial charge on any atom is 0.408 e. The van der Waals surface area contributed by atoms with Gasteiger partial charge in [-0.2, -0.15) is 0 Å². The first-order valence-electron chi connectivity index (χ1n) is 44.5. The number of aromatic nitrogens is 9. The Labute approximate surface area is 750 Å². The highest BCUT2D eigenvalue weighted by Gasteiger charge is 2.33. The molecule has 0 unspecified atom stereocenters. The Bertz CT molecular complexity index is 6410. The number of nitrogens with zero attached hydrogens (tertiary/aromatic N) is 5. The first-order valence-corrected chi connectivity index (χ1v) is 44.5. The molecular weight excluding hydrogens is 1610 g/mol. The van der Waals surface area contributed by atoms with Crippen LogP contribution in [0.15, 0.2) is 218 Å². The van der Waals surface area contributed by atoms with E-state index in [1.54, 1.807) is 0 Å². The molecule has 0 saturated carbocycles. The van der Waals surface area contributed by atoms with Crippen LogP contribution in [0.1, 0.15) is 243 Å². The molecule has 0 fully saturated rings. The molecule has 0 spiro atoms. The van der Waals surface area contributed by atoms with E-state index in [0.717, 1.165) is 116 Å². The zero-order valence-corrected chi connectivity index (χ0v) is 75.2. The van der Waals surface area contributed by atoms with Crippen molar-refractivity contribution in [3.05, 3.63) is 308 Å². The number of aromatic amines is 4. The predicted molar refractivity (Wildman–Crippen MR) is 519 cm³/mol. The number of alkyl carbamates (subject to hydrolysis) is 4. The van der Waals surface area contributed by atoms with Crippen molar-refractivity contribution < 1.29 is 38.1 Å². The lowest BCUT2D eigenvalue weighted by molar-refractivity contribution is 0.0501. The summed E-state index contributed by atoms with van der Waals surface area (Å²) in [5, 5.41) is 15.1. The fraction of sp³-hybridized carbons (Fsp3) is 0.259. The maximum atomic E-state index is 14.4. The minimum atomic E-state index is -0.820. The van der Waals surface area contributed by atoms with Crippen LogP contribution in [0.25, 0.3) is 137 Å². The summed E-state index contributed by atoms with van der Waals surface area (Å²) in [5.41, 5.74) is 18.4. The summed E-state index contributed by atoms with van der Waals surface area (Å²) < 4.78 is 26.7. The highest BCUT2D eigenvalue weighted by Crippen LogP contribution is 2.44. The van der Waals surface area contributed by atoms with Crippen molar-refractivity contribution in [1.82, 2.24) is 65.7 Å². The summed E-state index contributed by atoms with van der Waals surface area (Å²) in [4.78, 5) is 95.4. The Morgan fingerprint density at radius 2 is 0.612 bits per heavy atom. The number of carbonyl (C=O) groups is 4. The van der Waals surface area contributed by atoms with Crippen LogP contribution in [0, 0.1) is 0 Å². The molecule has 16 bridgehead atoms. The van der Waals surface area contributed by atoms with Gasteiger partial charge in [-0.15, -0.1) is 0 Å². The molecule has 7 aromatic heterocycles. The molecule has 129 heavy (non-hydrogen) atoms. The molecule has 21 nitrogen and oxygen atoms in total. The summed E-state index contributed by atoms with van der Waals surface area (Å²) >= 11 is 0. The molecule has 11 heterocycles. The molecule has 0 saturated heterocycles. The monoisotopic (exact) mass is 1720 g/mol. The highest BCUT2D eigenvalue weighted by atomic mass is 16.6. The molecule has 8 N–H and O–H groups in total. The van der Waals surface area contributed by atoms with Gasteiger partial charge in [0.05, 0.1) is 69.7 Å². The third kappa shape index (κ3) is 19.7. The van der Waals surface area contributed by atoms with Gasteiger partial charge in [-0.05, 0) is 256 Å². The van der Waals surface area contributed by atoms with E-state index in [1.807, 2.05) is 302 Å². The zero-order valence-electron chi connectivity index (χ0n) is 75.2. The van der Waals surface area contributed by atoms with Crippen molar-refractivity contribution in [2.75, 3.05) is 0 Å². The molecular formula is C108H109N13O8. The summed E-state index contributed by atoms with van der Waals surface area (Å²) in [7, 11) is 0. The Kier molecular flexibility index (Phi) is 24.2. The molecule has 0 radical (unpaired) electrons. The SMILES string of the molecule is CCCCCCCCn1c2ccc(-c3c4nc(c([C@H](NC(=O)OC(C)(C)C)c5ccccc5)c5ccc(cc6nc(c([C@H](NC(=O)OC(C)(C)C)c7ccccc7)c7ccc3[nH]7)C=C6)[nH]5)C=C4)cc2c2cc(-c3c4nc(c([C@H](NC(=O)OC(C)(C)C)c5ccccc5)c5ccc(cc6nc(c([C@H](NC(=O)OC(C)(C)C)c7ccccc7)c7ccc3[nH]7)C=C6)[nH]5)C=C4)ccc21. The predicted octanol–water partition coefficient (Wildman–Crippen LogP) is 25.9. The molecule has 6 aromatic carbocycles. The Balaban J connectivity index is 0.959. The third-order valence-corrected chi connectivity index (χ3v) is 22.8. The van der Waals surface area contributed by atoms with Gasteiger partial charge in [-0.3, -0.25) is 0 Å². The average molecular weight is 1720 g/mol. The van der Waals surface area contributed by atoms with Crippen molar-refractivity contribution in [2.24, 2.45) is 0 Å². The van der Waals surface area contributed by atoms with Crippen LogP contribution in [0.5, 0.6) is 0 Å². The van der Waals surface area contributed by atoms with E-state index in [1.165, 1.54) is 6.42 Å². The summed E-state index contributed by atoms with van der Waals surface area (Å²) in [6.45, 7) is 25.2. The summed E-state index contributed by atoms with van der Waals surface area (Å²) in [6.07, 6.45) is 20.2. The lowest BCUT2D eigenvalue weighted by Gasteiger charge is -2.25. The Morgan fingerprint density at radius 1 is 0.318 bits per heavy atom. The quantitative estimate of drug-likeness (QED) is 0.0246. The van der Waals surface area contributed by atoms with Crippen LogP contribution in [0.4, 0.5) is 19.2 Å². The number of H-pyrrole nitrogens is 4. The number of hydrogen-bond acceptors (Lipinski definition) is 12. The van der Waals surface area contributed by atoms with Gasteiger partial charge in [0.25, 0.3) is 0 Å². The van der Waals surface area contributed by atoms with Crippen LogP contribution in [0.2, 0.25) is 0 Å². The number of ether oxygens (including phenoxy) is 4. The number of carbonyl (C=O) groups excluding carboxylic acids is 4. The van der Waals surface area contributed by atoms with Crippen LogP contribution < -0.4 is 21.3 Å². The Hall–Kier alpha value is -14.6. The number of amides is 4. The Morgan fingerprint density at radius 3 is 0.953 bits per heavy atom. The number of hydrogen-bond donors (Lipinski definition) is 8. The summed E-state index contributed by atoms with van der Waals surface area (Å²) in [6, 6.07) is 69.9. The van der Waals surface area contributed by atoms with Crippen LogP contribution in [0.3, 0.4) is 0 Å². The minimum absolute atomic E-state index is 0.585. The van der Waals surface area contributed by atoms with Gasteiger partial charge in [0.2, 0.25) is 0 Å².